The number of H-pyrrole nitrogens is 2. The average Bonchev–Trinajstić information content (AvgIpc) is 3.35. The topological polar surface area (TPSA) is 57.4 Å². The first kappa shape index (κ1) is 14.1. The van der Waals surface area contributed by atoms with Gasteiger partial charge in [0.05, 0.1) is 22.9 Å². The maximum Gasteiger partial charge on any atom is 0.0931 e. The first-order chi connectivity index (χ1) is 12.9. The van der Waals surface area contributed by atoms with E-state index in [0.29, 0.717) is 0 Å². The lowest BCUT2D eigenvalue weighted by Crippen LogP contribution is -2.07. The zero-order valence-electron chi connectivity index (χ0n) is 14.3. The van der Waals surface area contributed by atoms with Crippen LogP contribution in [0.2, 0.25) is 0 Å². The van der Waals surface area contributed by atoms with Crippen LogP contribution in [0.1, 0.15) is 24.0 Å². The van der Waals surface area contributed by atoms with E-state index in [4.69, 9.17) is 0 Å². The molecule has 3 heterocycles. The first-order valence-electron chi connectivity index (χ1n) is 9.23. The summed E-state index contributed by atoms with van der Waals surface area (Å²) in [6.45, 7) is 0. The lowest BCUT2D eigenvalue weighted by atomic mass is 9.85. The number of benzene rings is 2. The zero-order chi connectivity index (χ0) is 17.1. The molecular weight excluding hydrogens is 320 g/mol. The fourth-order valence-electron chi connectivity index (χ4n) is 4.52. The lowest BCUT2D eigenvalue weighted by molar-refractivity contribution is 0.689. The normalized spacial score (nSPS) is 14.3. The molecule has 0 saturated heterocycles. The molecule has 2 N–H and O–H groups in total. The number of nitrogens with zero attached hydrogens (tertiary/aromatic N) is 2. The minimum absolute atomic E-state index is 1.01. The largest absolute Gasteiger partial charge is 0.354 e. The molecule has 0 atom stereocenters. The molecule has 4 heteroatoms. The number of aryl methyl sites for hydroxylation is 1. The molecule has 2 aromatic carbocycles. The predicted molar refractivity (Wildman–Crippen MR) is 105 cm³/mol. The maximum atomic E-state index is 4.50. The zero-order valence-corrected chi connectivity index (χ0v) is 14.3. The summed E-state index contributed by atoms with van der Waals surface area (Å²) < 4.78 is 0. The van der Waals surface area contributed by atoms with Gasteiger partial charge in [-0.05, 0) is 67.1 Å². The fraction of sp³-hybridized carbons (Fsp3) is 0.182. The number of aromatic amines is 2. The van der Waals surface area contributed by atoms with Crippen molar-refractivity contribution >= 4 is 32.8 Å². The highest BCUT2D eigenvalue weighted by Crippen LogP contribution is 2.38. The van der Waals surface area contributed by atoms with Gasteiger partial charge in [-0.25, -0.2) is 4.98 Å². The molecule has 0 radical (unpaired) electrons. The summed E-state index contributed by atoms with van der Waals surface area (Å²) in [5.41, 5.74) is 9.82. The average molecular weight is 338 g/mol. The number of fused-ring (bicyclic) bond motifs is 6. The third-order valence-corrected chi connectivity index (χ3v) is 5.72. The summed E-state index contributed by atoms with van der Waals surface area (Å²) in [5.74, 6) is 0. The Morgan fingerprint density at radius 3 is 2.65 bits per heavy atom. The summed E-state index contributed by atoms with van der Waals surface area (Å²) >= 11 is 0. The van der Waals surface area contributed by atoms with Crippen LogP contribution < -0.4 is 0 Å². The van der Waals surface area contributed by atoms with Gasteiger partial charge in [0, 0.05) is 33.7 Å². The van der Waals surface area contributed by atoms with Gasteiger partial charge in [-0.3, -0.25) is 4.98 Å². The molecule has 126 valence electrons. The van der Waals surface area contributed by atoms with E-state index >= 15 is 0 Å². The summed E-state index contributed by atoms with van der Waals surface area (Å²) in [6, 6.07) is 12.9. The van der Waals surface area contributed by atoms with Crippen molar-refractivity contribution in [2.45, 2.75) is 25.7 Å². The molecule has 0 amide bonds. The molecular formula is C22H18N4. The number of nitrogens with one attached hydrogen (secondary N) is 2. The van der Waals surface area contributed by atoms with Gasteiger partial charge in [0.1, 0.15) is 0 Å². The standard InChI is InChI=1S/C22H18N4/c1-2-4-15-14(3-1)21-16-9-10-23-17(16)7-8-19(21)26-22(15)13-5-6-18-20(11-13)25-12-24-18/h5-12,26H,1-4H2,(H,24,25). The quantitative estimate of drug-likeness (QED) is 0.445. The molecule has 4 nitrogen and oxygen atoms in total. The van der Waals surface area contributed by atoms with E-state index < -0.39 is 0 Å². The van der Waals surface area contributed by atoms with Gasteiger partial charge in [0.25, 0.3) is 0 Å². The van der Waals surface area contributed by atoms with Crippen LogP contribution in [0.4, 0.5) is 0 Å². The van der Waals surface area contributed by atoms with E-state index in [2.05, 4.69) is 56.3 Å². The van der Waals surface area contributed by atoms with Crippen LogP contribution in [0.3, 0.4) is 0 Å². The Morgan fingerprint density at radius 2 is 1.69 bits per heavy atom. The Hall–Kier alpha value is -3.14. The van der Waals surface area contributed by atoms with Crippen LogP contribution in [-0.4, -0.2) is 19.9 Å². The summed E-state index contributed by atoms with van der Waals surface area (Å²) in [5, 5.41) is 2.63. The van der Waals surface area contributed by atoms with Crippen molar-refractivity contribution in [2.24, 2.45) is 0 Å². The fourth-order valence-corrected chi connectivity index (χ4v) is 4.52. The third kappa shape index (κ3) is 1.90. The second-order valence-corrected chi connectivity index (χ2v) is 7.16. The highest BCUT2D eigenvalue weighted by atomic mass is 14.9. The van der Waals surface area contributed by atoms with Crippen LogP contribution >= 0.6 is 0 Å². The van der Waals surface area contributed by atoms with Gasteiger partial charge < -0.3 is 9.97 Å². The Bertz CT molecular complexity index is 1290. The van der Waals surface area contributed by atoms with Crippen LogP contribution in [0.15, 0.2) is 48.9 Å². The van der Waals surface area contributed by atoms with Crippen molar-refractivity contribution in [1.29, 1.82) is 0 Å². The second-order valence-electron chi connectivity index (χ2n) is 7.16. The van der Waals surface area contributed by atoms with Gasteiger partial charge in [0.15, 0.2) is 0 Å². The van der Waals surface area contributed by atoms with Gasteiger partial charge in [-0.15, -0.1) is 0 Å². The molecule has 6 rings (SSSR count). The summed E-state index contributed by atoms with van der Waals surface area (Å²) in [7, 11) is 0. The highest BCUT2D eigenvalue weighted by Gasteiger charge is 2.20. The Morgan fingerprint density at radius 1 is 0.808 bits per heavy atom. The SMILES string of the molecule is c1cc2c(ccc3[nH]c(-c4ccc5nc[nH]c5c4)c4c(c32)CCCC4)n1. The number of hydrogen-bond donors (Lipinski definition) is 2. The molecule has 3 aromatic heterocycles. The number of rotatable bonds is 1. The summed E-state index contributed by atoms with van der Waals surface area (Å²) in [4.78, 5) is 15.8. The van der Waals surface area contributed by atoms with Gasteiger partial charge >= 0.3 is 0 Å². The van der Waals surface area contributed by atoms with Crippen molar-refractivity contribution in [3.8, 4) is 11.3 Å². The van der Waals surface area contributed by atoms with E-state index in [1.807, 2.05) is 6.20 Å². The number of hydrogen-bond acceptors (Lipinski definition) is 2. The molecule has 5 aromatic rings. The van der Waals surface area contributed by atoms with Crippen LogP contribution in [-0.2, 0) is 12.8 Å². The molecule has 0 fully saturated rings. The Labute approximate surface area is 150 Å². The molecule has 0 bridgehead atoms. The second kappa shape index (κ2) is 5.18. The van der Waals surface area contributed by atoms with Crippen LogP contribution in [0.25, 0.3) is 44.1 Å². The third-order valence-electron chi connectivity index (χ3n) is 5.72. The summed E-state index contributed by atoms with van der Waals surface area (Å²) in [6.07, 6.45) is 8.45. The van der Waals surface area contributed by atoms with Crippen LogP contribution in [0.5, 0.6) is 0 Å². The number of pyridine rings is 1. The van der Waals surface area contributed by atoms with E-state index in [9.17, 15) is 0 Å². The molecule has 0 unspecified atom stereocenters. The maximum absolute atomic E-state index is 4.50. The highest BCUT2D eigenvalue weighted by molar-refractivity contribution is 6.08. The van der Waals surface area contributed by atoms with Crippen molar-refractivity contribution in [3.63, 3.8) is 0 Å². The molecule has 1 aliphatic rings. The van der Waals surface area contributed by atoms with E-state index in [1.165, 1.54) is 51.5 Å². The predicted octanol–water partition coefficient (Wildman–Crippen LogP) is 5.14. The van der Waals surface area contributed by atoms with Gasteiger partial charge in [-0.2, -0.15) is 0 Å². The Kier molecular flexibility index (Phi) is 2.80. The van der Waals surface area contributed by atoms with E-state index in [1.54, 1.807) is 6.33 Å². The Balaban J connectivity index is 1.71. The molecule has 0 spiro atoms. The monoisotopic (exact) mass is 338 g/mol. The van der Waals surface area contributed by atoms with E-state index in [0.717, 1.165) is 29.4 Å². The molecule has 26 heavy (non-hydrogen) atoms. The minimum Gasteiger partial charge on any atom is -0.354 e. The van der Waals surface area contributed by atoms with Crippen LogP contribution in [0, 0.1) is 0 Å². The smallest absolute Gasteiger partial charge is 0.0931 e. The lowest BCUT2D eigenvalue weighted by Gasteiger charge is -2.23. The first-order valence-corrected chi connectivity index (χ1v) is 9.23. The molecule has 0 aliphatic heterocycles. The number of imidazole rings is 1. The van der Waals surface area contributed by atoms with E-state index in [-0.39, 0.29) is 0 Å². The van der Waals surface area contributed by atoms with Gasteiger partial charge in [-0.1, -0.05) is 6.07 Å². The number of aromatic nitrogens is 4. The van der Waals surface area contributed by atoms with Crippen molar-refractivity contribution in [3.05, 3.63) is 60.0 Å². The molecule has 1 aliphatic carbocycles. The molecule has 0 saturated carbocycles. The van der Waals surface area contributed by atoms with Gasteiger partial charge in [0.2, 0.25) is 0 Å². The minimum atomic E-state index is 1.01. The van der Waals surface area contributed by atoms with Crippen molar-refractivity contribution in [1.82, 2.24) is 19.9 Å². The van der Waals surface area contributed by atoms with Crippen molar-refractivity contribution < 1.29 is 0 Å². The van der Waals surface area contributed by atoms with Crippen molar-refractivity contribution in [2.75, 3.05) is 0 Å².